The lowest BCUT2D eigenvalue weighted by Crippen LogP contribution is -2.61. The Hall–Kier alpha value is -1.02. The van der Waals surface area contributed by atoms with Crippen LogP contribution in [0.1, 0.15) is 23.6 Å². The molecule has 0 atom stereocenters. The first-order chi connectivity index (χ1) is 7.00. The molecule has 0 unspecified atom stereocenters. The number of benzene rings is 1. The third-order valence-electron chi connectivity index (χ3n) is 3.15. The summed E-state index contributed by atoms with van der Waals surface area (Å²) in [5, 5.41) is 3.24. The molecule has 15 heavy (non-hydrogen) atoms. The fourth-order valence-corrected chi connectivity index (χ4v) is 1.86. The highest BCUT2D eigenvalue weighted by Gasteiger charge is 2.34. The lowest BCUT2D eigenvalue weighted by atomic mass is 9.99. The lowest BCUT2D eigenvalue weighted by Gasteiger charge is -2.39. The monoisotopic (exact) mass is 205 g/mol. The van der Waals surface area contributed by atoms with Crippen LogP contribution in [0.3, 0.4) is 0 Å². The Balaban J connectivity index is 2.24. The van der Waals surface area contributed by atoms with Crippen molar-refractivity contribution in [2.24, 2.45) is 0 Å². The number of aryl methyl sites for hydroxylation is 3. The second kappa shape index (κ2) is 3.53. The van der Waals surface area contributed by atoms with Crippen LogP contribution in [-0.2, 0) is 0 Å². The molecule has 0 amide bonds. The summed E-state index contributed by atoms with van der Waals surface area (Å²) in [6.45, 7) is 10.4. The minimum absolute atomic E-state index is 0.00748. The van der Waals surface area contributed by atoms with Crippen LogP contribution in [0, 0.1) is 20.8 Å². The standard InChI is InChI=1S/C13H19NO/c1-9-5-11(3)12(6-10(9)2)15-13(4)7-14-8-13/h5-6,14H,7-8H2,1-4H3. The molecule has 1 heterocycles. The van der Waals surface area contributed by atoms with Crippen molar-refractivity contribution in [3.05, 3.63) is 28.8 Å². The summed E-state index contributed by atoms with van der Waals surface area (Å²) in [5.74, 6) is 1.03. The van der Waals surface area contributed by atoms with Crippen molar-refractivity contribution < 1.29 is 4.74 Å². The first kappa shape index (κ1) is 10.5. The van der Waals surface area contributed by atoms with Crippen molar-refractivity contribution in [3.63, 3.8) is 0 Å². The number of nitrogens with one attached hydrogen (secondary N) is 1. The molecule has 0 radical (unpaired) electrons. The summed E-state index contributed by atoms with van der Waals surface area (Å²) in [6.07, 6.45) is 0. The Morgan fingerprint density at radius 2 is 1.67 bits per heavy atom. The van der Waals surface area contributed by atoms with Crippen molar-refractivity contribution >= 4 is 0 Å². The van der Waals surface area contributed by atoms with Crippen LogP contribution < -0.4 is 10.1 Å². The second-order valence-electron chi connectivity index (χ2n) is 4.86. The van der Waals surface area contributed by atoms with Crippen molar-refractivity contribution in [1.82, 2.24) is 5.32 Å². The molecule has 2 heteroatoms. The zero-order valence-electron chi connectivity index (χ0n) is 9.98. The van der Waals surface area contributed by atoms with Gasteiger partial charge in [-0.15, -0.1) is 0 Å². The summed E-state index contributed by atoms with van der Waals surface area (Å²) in [6, 6.07) is 4.34. The third kappa shape index (κ3) is 2.00. The van der Waals surface area contributed by atoms with Gasteiger partial charge in [-0.3, -0.25) is 0 Å². The molecule has 1 N–H and O–H groups in total. The SMILES string of the molecule is Cc1cc(C)c(OC2(C)CNC2)cc1C. The highest BCUT2D eigenvalue weighted by Crippen LogP contribution is 2.27. The van der Waals surface area contributed by atoms with E-state index >= 15 is 0 Å². The average molecular weight is 205 g/mol. The largest absolute Gasteiger partial charge is 0.485 e. The third-order valence-corrected chi connectivity index (χ3v) is 3.15. The maximum atomic E-state index is 6.04. The molecule has 82 valence electrons. The van der Waals surface area contributed by atoms with Gasteiger partial charge in [0, 0.05) is 13.1 Å². The van der Waals surface area contributed by atoms with Crippen LogP contribution in [0.4, 0.5) is 0 Å². The van der Waals surface area contributed by atoms with Crippen molar-refractivity contribution in [1.29, 1.82) is 0 Å². The Labute approximate surface area is 91.6 Å². The van der Waals surface area contributed by atoms with E-state index in [1.165, 1.54) is 16.7 Å². The fourth-order valence-electron chi connectivity index (χ4n) is 1.86. The number of rotatable bonds is 2. The summed E-state index contributed by atoms with van der Waals surface area (Å²) in [7, 11) is 0. The maximum absolute atomic E-state index is 6.04. The average Bonchev–Trinajstić information content (AvgIpc) is 2.11. The normalized spacial score (nSPS) is 18.4. The van der Waals surface area contributed by atoms with Gasteiger partial charge in [-0.1, -0.05) is 6.07 Å². The van der Waals surface area contributed by atoms with Gasteiger partial charge < -0.3 is 10.1 Å². The molecule has 1 saturated heterocycles. The van der Waals surface area contributed by atoms with E-state index in [-0.39, 0.29) is 5.60 Å². The van der Waals surface area contributed by atoms with Crippen LogP contribution in [0.25, 0.3) is 0 Å². The Morgan fingerprint density at radius 3 is 2.20 bits per heavy atom. The van der Waals surface area contributed by atoms with Gasteiger partial charge in [-0.25, -0.2) is 0 Å². The van der Waals surface area contributed by atoms with E-state index in [4.69, 9.17) is 4.74 Å². The number of ether oxygens (including phenoxy) is 1. The molecule has 1 aliphatic heterocycles. The van der Waals surface area contributed by atoms with Gasteiger partial charge in [0.25, 0.3) is 0 Å². The van der Waals surface area contributed by atoms with Crippen LogP contribution in [0.5, 0.6) is 5.75 Å². The summed E-state index contributed by atoms with van der Waals surface area (Å²) >= 11 is 0. The molecular weight excluding hydrogens is 186 g/mol. The minimum atomic E-state index is -0.00748. The predicted molar refractivity (Wildman–Crippen MR) is 62.6 cm³/mol. The molecular formula is C13H19NO. The zero-order valence-corrected chi connectivity index (χ0v) is 9.98. The van der Waals surface area contributed by atoms with Gasteiger partial charge in [-0.05, 0) is 50.5 Å². The minimum Gasteiger partial charge on any atom is -0.485 e. The molecule has 1 fully saturated rings. The van der Waals surface area contributed by atoms with Gasteiger partial charge in [0.15, 0.2) is 0 Å². The Morgan fingerprint density at radius 1 is 1.07 bits per heavy atom. The molecule has 0 bridgehead atoms. The van der Waals surface area contributed by atoms with Crippen LogP contribution in [-0.4, -0.2) is 18.7 Å². The van der Waals surface area contributed by atoms with Gasteiger partial charge in [0.05, 0.1) is 0 Å². The zero-order chi connectivity index (χ0) is 11.1. The lowest BCUT2D eigenvalue weighted by molar-refractivity contribution is 0.0341. The van der Waals surface area contributed by atoms with Gasteiger partial charge in [0.2, 0.25) is 0 Å². The molecule has 1 aliphatic rings. The van der Waals surface area contributed by atoms with E-state index in [2.05, 4.69) is 45.1 Å². The van der Waals surface area contributed by atoms with E-state index < -0.39 is 0 Å². The Bertz CT molecular complexity index is 380. The molecule has 0 aliphatic carbocycles. The van der Waals surface area contributed by atoms with Crippen molar-refractivity contribution in [2.75, 3.05) is 13.1 Å². The van der Waals surface area contributed by atoms with Gasteiger partial charge in [0.1, 0.15) is 11.4 Å². The highest BCUT2D eigenvalue weighted by atomic mass is 16.5. The molecule has 1 aromatic rings. The van der Waals surface area contributed by atoms with Crippen molar-refractivity contribution in [2.45, 2.75) is 33.3 Å². The van der Waals surface area contributed by atoms with Crippen LogP contribution in [0.15, 0.2) is 12.1 Å². The van der Waals surface area contributed by atoms with Gasteiger partial charge in [-0.2, -0.15) is 0 Å². The fraction of sp³-hybridized carbons (Fsp3) is 0.538. The molecule has 0 aromatic heterocycles. The van der Waals surface area contributed by atoms with Crippen molar-refractivity contribution in [3.8, 4) is 5.75 Å². The van der Waals surface area contributed by atoms with E-state index in [0.717, 1.165) is 18.8 Å². The molecule has 0 saturated carbocycles. The topological polar surface area (TPSA) is 21.3 Å². The quantitative estimate of drug-likeness (QED) is 0.800. The first-order valence-corrected chi connectivity index (χ1v) is 5.48. The maximum Gasteiger partial charge on any atom is 0.131 e. The number of hydrogen-bond acceptors (Lipinski definition) is 2. The van der Waals surface area contributed by atoms with E-state index in [1.807, 2.05) is 0 Å². The summed E-state index contributed by atoms with van der Waals surface area (Å²) in [5.41, 5.74) is 3.85. The van der Waals surface area contributed by atoms with E-state index in [1.54, 1.807) is 0 Å². The van der Waals surface area contributed by atoms with Crippen LogP contribution >= 0.6 is 0 Å². The van der Waals surface area contributed by atoms with E-state index in [0.29, 0.717) is 0 Å². The molecule has 0 spiro atoms. The van der Waals surface area contributed by atoms with E-state index in [9.17, 15) is 0 Å². The van der Waals surface area contributed by atoms with Crippen LogP contribution in [0.2, 0.25) is 0 Å². The molecule has 2 rings (SSSR count). The molecule has 1 aromatic carbocycles. The summed E-state index contributed by atoms with van der Waals surface area (Å²) < 4.78 is 6.04. The smallest absolute Gasteiger partial charge is 0.131 e. The summed E-state index contributed by atoms with van der Waals surface area (Å²) in [4.78, 5) is 0. The number of hydrogen-bond donors (Lipinski definition) is 1. The first-order valence-electron chi connectivity index (χ1n) is 5.48. The molecule has 2 nitrogen and oxygen atoms in total. The van der Waals surface area contributed by atoms with Gasteiger partial charge >= 0.3 is 0 Å². The Kier molecular flexibility index (Phi) is 2.47. The predicted octanol–water partition coefficient (Wildman–Crippen LogP) is 2.35. The second-order valence-corrected chi connectivity index (χ2v) is 4.86. The highest BCUT2D eigenvalue weighted by molar-refractivity contribution is 5.41.